The molecule has 0 radical (unpaired) electrons. The first-order chi connectivity index (χ1) is 10.7. The Labute approximate surface area is 138 Å². The maximum Gasteiger partial charge on any atom is 0.205 e. The molecule has 0 atom stereocenters. The van der Waals surface area contributed by atoms with Gasteiger partial charge in [-0.15, -0.1) is 11.3 Å². The summed E-state index contributed by atoms with van der Waals surface area (Å²) in [5, 5.41) is 7.69. The maximum absolute atomic E-state index is 5.07. The molecule has 2 aromatic rings. The van der Waals surface area contributed by atoms with Gasteiger partial charge < -0.3 is 15.0 Å². The van der Waals surface area contributed by atoms with E-state index in [0.717, 1.165) is 54.1 Å². The van der Waals surface area contributed by atoms with E-state index in [9.17, 15) is 0 Å². The molecule has 1 aliphatic heterocycles. The van der Waals surface area contributed by atoms with Gasteiger partial charge in [-0.25, -0.2) is 9.97 Å². The number of piperidine rings is 1. The smallest absolute Gasteiger partial charge is 0.205 e. The Hall–Kier alpha value is -1.25. The van der Waals surface area contributed by atoms with Crippen molar-refractivity contribution < 1.29 is 4.74 Å². The van der Waals surface area contributed by atoms with Crippen molar-refractivity contribution in [2.24, 2.45) is 0 Å². The van der Waals surface area contributed by atoms with E-state index >= 15 is 0 Å². The second kappa shape index (κ2) is 7.34. The normalized spacial score (nSPS) is 16.2. The van der Waals surface area contributed by atoms with Gasteiger partial charge in [-0.05, 0) is 19.8 Å². The molecule has 1 aliphatic rings. The van der Waals surface area contributed by atoms with Crippen LogP contribution in [-0.2, 0) is 11.2 Å². The van der Waals surface area contributed by atoms with E-state index in [0.29, 0.717) is 12.6 Å². The third-order valence-electron chi connectivity index (χ3n) is 3.70. The van der Waals surface area contributed by atoms with Crippen LogP contribution in [0.3, 0.4) is 0 Å². The van der Waals surface area contributed by atoms with Crippen LogP contribution in [-0.4, -0.2) is 47.2 Å². The van der Waals surface area contributed by atoms with Gasteiger partial charge in [0.25, 0.3) is 0 Å². The fourth-order valence-corrected chi connectivity index (χ4v) is 4.01. The first-order valence-corrected chi connectivity index (χ1v) is 9.15. The van der Waals surface area contributed by atoms with E-state index in [4.69, 9.17) is 4.74 Å². The van der Waals surface area contributed by atoms with Gasteiger partial charge >= 0.3 is 0 Å². The molecule has 0 amide bonds. The van der Waals surface area contributed by atoms with Gasteiger partial charge in [0.05, 0.1) is 12.3 Å². The van der Waals surface area contributed by atoms with Crippen molar-refractivity contribution in [2.75, 3.05) is 37.0 Å². The van der Waals surface area contributed by atoms with Crippen LogP contribution in [0.4, 0.5) is 10.3 Å². The molecule has 1 saturated heterocycles. The summed E-state index contributed by atoms with van der Waals surface area (Å²) < 4.78 is 9.47. The maximum atomic E-state index is 5.07. The second-order valence-electron chi connectivity index (χ2n) is 5.44. The molecule has 0 saturated carbocycles. The van der Waals surface area contributed by atoms with Crippen LogP contribution in [0.1, 0.15) is 24.4 Å². The highest BCUT2D eigenvalue weighted by molar-refractivity contribution is 7.13. The van der Waals surface area contributed by atoms with E-state index in [2.05, 4.69) is 29.9 Å². The summed E-state index contributed by atoms with van der Waals surface area (Å²) in [4.78, 5) is 11.4. The van der Waals surface area contributed by atoms with Crippen molar-refractivity contribution in [2.45, 2.75) is 32.2 Å². The van der Waals surface area contributed by atoms with Crippen LogP contribution in [0, 0.1) is 6.92 Å². The predicted molar refractivity (Wildman–Crippen MR) is 91.2 cm³/mol. The Balaban J connectivity index is 1.49. The summed E-state index contributed by atoms with van der Waals surface area (Å²) in [5.41, 5.74) is 1.09. The standard InChI is InChI=1S/C14H21N5OS2/c1-10-9-21-13(15-10)16-11-3-6-19(7-4-11)14-17-12(18-22-14)5-8-20-2/h9,11H,3-8H2,1-2H3,(H,15,16). The van der Waals surface area contributed by atoms with Gasteiger partial charge in [0.2, 0.25) is 5.13 Å². The summed E-state index contributed by atoms with van der Waals surface area (Å²) in [6.45, 7) is 4.73. The molecule has 6 nitrogen and oxygen atoms in total. The lowest BCUT2D eigenvalue weighted by atomic mass is 10.1. The lowest BCUT2D eigenvalue weighted by Crippen LogP contribution is -2.39. The average Bonchev–Trinajstić information content (AvgIpc) is 3.15. The van der Waals surface area contributed by atoms with Gasteiger partial charge in [-0.1, -0.05) is 0 Å². The molecule has 22 heavy (non-hydrogen) atoms. The zero-order chi connectivity index (χ0) is 15.4. The minimum atomic E-state index is 0.502. The average molecular weight is 339 g/mol. The van der Waals surface area contributed by atoms with Crippen LogP contribution >= 0.6 is 22.9 Å². The van der Waals surface area contributed by atoms with Crippen molar-refractivity contribution in [3.8, 4) is 0 Å². The first-order valence-electron chi connectivity index (χ1n) is 7.49. The molecule has 0 aromatic carbocycles. The summed E-state index contributed by atoms with van der Waals surface area (Å²) in [6, 6.07) is 0.502. The molecule has 120 valence electrons. The molecule has 2 aromatic heterocycles. The Kier molecular flexibility index (Phi) is 5.22. The summed E-state index contributed by atoms with van der Waals surface area (Å²) in [5.74, 6) is 0.889. The number of hydrogen-bond acceptors (Lipinski definition) is 8. The van der Waals surface area contributed by atoms with Crippen LogP contribution in [0.5, 0.6) is 0 Å². The molecule has 1 fully saturated rings. The predicted octanol–water partition coefficient (Wildman–Crippen LogP) is 2.57. The number of aromatic nitrogens is 3. The Morgan fingerprint density at radius 1 is 1.36 bits per heavy atom. The SMILES string of the molecule is COCCc1nsc(N2CCC(Nc3nc(C)cs3)CC2)n1. The molecule has 8 heteroatoms. The molecule has 0 spiro atoms. The molecule has 0 aliphatic carbocycles. The highest BCUT2D eigenvalue weighted by Crippen LogP contribution is 2.24. The molecule has 3 rings (SSSR count). The zero-order valence-electron chi connectivity index (χ0n) is 12.9. The lowest BCUT2D eigenvalue weighted by molar-refractivity contribution is 0.201. The minimum Gasteiger partial charge on any atom is -0.384 e. The lowest BCUT2D eigenvalue weighted by Gasteiger charge is -2.31. The van der Waals surface area contributed by atoms with Gasteiger partial charge in [-0.2, -0.15) is 4.37 Å². The van der Waals surface area contributed by atoms with E-state index in [-0.39, 0.29) is 0 Å². The summed E-state index contributed by atoms with van der Waals surface area (Å²) in [7, 11) is 1.70. The van der Waals surface area contributed by atoms with E-state index in [1.54, 1.807) is 18.4 Å². The summed E-state index contributed by atoms with van der Waals surface area (Å²) in [6.07, 6.45) is 2.99. The number of hydrogen-bond donors (Lipinski definition) is 1. The zero-order valence-corrected chi connectivity index (χ0v) is 14.5. The molecular formula is C14H21N5OS2. The van der Waals surface area contributed by atoms with Crippen molar-refractivity contribution >= 4 is 33.1 Å². The van der Waals surface area contributed by atoms with Gasteiger partial charge in [0.1, 0.15) is 5.82 Å². The van der Waals surface area contributed by atoms with Crippen LogP contribution in [0.25, 0.3) is 0 Å². The fraction of sp³-hybridized carbons (Fsp3) is 0.643. The molecular weight excluding hydrogens is 318 g/mol. The number of thiazole rings is 1. The van der Waals surface area contributed by atoms with Crippen molar-refractivity contribution in [3.05, 3.63) is 16.9 Å². The number of nitrogens with zero attached hydrogens (tertiary/aromatic N) is 4. The Morgan fingerprint density at radius 3 is 2.86 bits per heavy atom. The topological polar surface area (TPSA) is 63.2 Å². The number of anilines is 2. The number of nitrogens with one attached hydrogen (secondary N) is 1. The van der Waals surface area contributed by atoms with Gasteiger partial charge in [-0.3, -0.25) is 0 Å². The Bertz CT molecular complexity index is 592. The minimum absolute atomic E-state index is 0.502. The number of ether oxygens (including phenoxy) is 1. The number of aryl methyl sites for hydroxylation is 1. The van der Waals surface area contributed by atoms with Crippen molar-refractivity contribution in [1.82, 2.24) is 14.3 Å². The van der Waals surface area contributed by atoms with Crippen molar-refractivity contribution in [3.63, 3.8) is 0 Å². The van der Waals surface area contributed by atoms with Crippen LogP contribution in [0.15, 0.2) is 5.38 Å². The van der Waals surface area contributed by atoms with E-state index in [1.807, 2.05) is 6.92 Å². The molecule has 0 unspecified atom stereocenters. The third-order valence-corrected chi connectivity index (χ3v) is 5.41. The van der Waals surface area contributed by atoms with Crippen LogP contribution < -0.4 is 10.2 Å². The fourth-order valence-electron chi connectivity index (χ4n) is 2.48. The molecule has 1 N–H and O–H groups in total. The number of methoxy groups -OCH3 is 1. The molecule has 0 bridgehead atoms. The quantitative estimate of drug-likeness (QED) is 0.873. The Morgan fingerprint density at radius 2 is 2.18 bits per heavy atom. The van der Waals surface area contributed by atoms with Crippen LogP contribution in [0.2, 0.25) is 0 Å². The highest BCUT2D eigenvalue weighted by atomic mass is 32.1. The van der Waals surface area contributed by atoms with Gasteiger partial charge in [0, 0.05) is 49.6 Å². The summed E-state index contributed by atoms with van der Waals surface area (Å²) >= 11 is 3.18. The largest absolute Gasteiger partial charge is 0.384 e. The van der Waals surface area contributed by atoms with E-state index < -0.39 is 0 Å². The van der Waals surface area contributed by atoms with Crippen molar-refractivity contribution in [1.29, 1.82) is 0 Å². The monoisotopic (exact) mass is 339 g/mol. The number of rotatable bonds is 6. The second-order valence-corrected chi connectivity index (χ2v) is 7.02. The van der Waals surface area contributed by atoms with E-state index in [1.165, 1.54) is 11.5 Å². The third kappa shape index (κ3) is 3.93. The highest BCUT2D eigenvalue weighted by Gasteiger charge is 2.22. The molecule has 3 heterocycles. The first kappa shape index (κ1) is 15.6. The van der Waals surface area contributed by atoms with Gasteiger partial charge in [0.15, 0.2) is 5.13 Å².